The first-order chi connectivity index (χ1) is 6.77. The van der Waals surface area contributed by atoms with E-state index in [0.29, 0.717) is 5.92 Å². The summed E-state index contributed by atoms with van der Waals surface area (Å²) in [4.78, 5) is 4.23. The Kier molecular flexibility index (Phi) is 3.02. The van der Waals surface area contributed by atoms with E-state index in [1.54, 1.807) is 0 Å². The van der Waals surface area contributed by atoms with Crippen LogP contribution in [0, 0.1) is 5.92 Å². The van der Waals surface area contributed by atoms with Crippen LogP contribution in [-0.4, -0.2) is 4.98 Å². The third-order valence-electron chi connectivity index (χ3n) is 2.93. The number of hydrogen-bond acceptors (Lipinski definition) is 1. The maximum absolute atomic E-state index is 4.23. The summed E-state index contributed by atoms with van der Waals surface area (Å²) in [6.07, 6.45) is 6.72. The van der Waals surface area contributed by atoms with Crippen LogP contribution in [0.25, 0.3) is 0 Å². The summed E-state index contributed by atoms with van der Waals surface area (Å²) >= 11 is 3.48. The van der Waals surface area contributed by atoms with Gasteiger partial charge in [-0.25, -0.2) is 4.98 Å². The molecule has 14 heavy (non-hydrogen) atoms. The van der Waals surface area contributed by atoms with Crippen molar-refractivity contribution in [3.05, 3.63) is 40.6 Å². The number of hydrogen-bond donors (Lipinski definition) is 0. The number of nitrogens with zero attached hydrogens (tertiary/aromatic N) is 1. The van der Waals surface area contributed by atoms with Gasteiger partial charge < -0.3 is 0 Å². The molecule has 0 saturated heterocycles. The van der Waals surface area contributed by atoms with Crippen LogP contribution in [0.15, 0.2) is 35.1 Å². The standard InChI is InChI=1S/C12H14BrN/c1-9-4-2-5-10(9)8-11-6-3-7-14-12(11)13/h3,6-7,10H,1-2,4-5,8H2/t10-/m0/s1. The molecule has 0 aliphatic heterocycles. The van der Waals surface area contributed by atoms with Crippen molar-refractivity contribution in [1.29, 1.82) is 0 Å². The minimum atomic E-state index is 0.676. The van der Waals surface area contributed by atoms with Crippen LogP contribution in [0.2, 0.25) is 0 Å². The van der Waals surface area contributed by atoms with Crippen LogP contribution < -0.4 is 0 Å². The number of halogens is 1. The van der Waals surface area contributed by atoms with Gasteiger partial charge in [-0.05, 0) is 59.2 Å². The number of pyridine rings is 1. The lowest BCUT2D eigenvalue weighted by Crippen LogP contribution is -2.02. The van der Waals surface area contributed by atoms with Crippen LogP contribution >= 0.6 is 15.9 Å². The highest BCUT2D eigenvalue weighted by Crippen LogP contribution is 2.33. The molecule has 1 aliphatic carbocycles. The van der Waals surface area contributed by atoms with E-state index in [1.807, 2.05) is 12.3 Å². The van der Waals surface area contributed by atoms with E-state index in [2.05, 4.69) is 33.6 Å². The summed E-state index contributed by atoms with van der Waals surface area (Å²) in [5.41, 5.74) is 2.72. The molecule has 0 amide bonds. The van der Waals surface area contributed by atoms with Crippen molar-refractivity contribution in [2.75, 3.05) is 0 Å². The second-order valence-corrected chi connectivity index (χ2v) is 4.66. The predicted molar refractivity (Wildman–Crippen MR) is 62.1 cm³/mol. The van der Waals surface area contributed by atoms with Gasteiger partial charge in [0.2, 0.25) is 0 Å². The largest absolute Gasteiger partial charge is 0.249 e. The van der Waals surface area contributed by atoms with Crippen LogP contribution in [0.1, 0.15) is 24.8 Å². The van der Waals surface area contributed by atoms with Gasteiger partial charge in [-0.15, -0.1) is 0 Å². The second-order valence-electron chi connectivity index (χ2n) is 3.90. The Labute approximate surface area is 93.4 Å². The molecule has 0 spiro atoms. The van der Waals surface area contributed by atoms with Crippen LogP contribution in [-0.2, 0) is 6.42 Å². The molecule has 0 unspecified atom stereocenters. The Morgan fingerprint density at radius 2 is 2.43 bits per heavy atom. The molecule has 1 heterocycles. The zero-order chi connectivity index (χ0) is 9.97. The molecular weight excluding hydrogens is 238 g/mol. The molecule has 74 valence electrons. The van der Waals surface area contributed by atoms with E-state index >= 15 is 0 Å². The molecule has 1 atom stereocenters. The Morgan fingerprint density at radius 3 is 3.07 bits per heavy atom. The van der Waals surface area contributed by atoms with E-state index in [0.717, 1.165) is 11.0 Å². The Balaban J connectivity index is 2.10. The van der Waals surface area contributed by atoms with Gasteiger partial charge >= 0.3 is 0 Å². The molecule has 1 aromatic rings. The minimum Gasteiger partial charge on any atom is -0.249 e. The molecule has 0 radical (unpaired) electrons. The molecular formula is C12H14BrN. The molecule has 1 nitrogen and oxygen atoms in total. The Hall–Kier alpha value is -0.630. The van der Waals surface area contributed by atoms with Crippen molar-refractivity contribution >= 4 is 15.9 Å². The highest BCUT2D eigenvalue weighted by molar-refractivity contribution is 9.10. The molecule has 2 heteroatoms. The van der Waals surface area contributed by atoms with Gasteiger partial charge in [0.25, 0.3) is 0 Å². The highest BCUT2D eigenvalue weighted by Gasteiger charge is 2.20. The molecule has 1 aromatic heterocycles. The Bertz CT molecular complexity index is 346. The number of allylic oxidation sites excluding steroid dienone is 1. The quantitative estimate of drug-likeness (QED) is 0.577. The van der Waals surface area contributed by atoms with Crippen LogP contribution in [0.3, 0.4) is 0 Å². The fourth-order valence-corrected chi connectivity index (χ4v) is 2.48. The van der Waals surface area contributed by atoms with E-state index in [4.69, 9.17) is 0 Å². The van der Waals surface area contributed by atoms with E-state index in [9.17, 15) is 0 Å². The minimum absolute atomic E-state index is 0.676. The SMILES string of the molecule is C=C1CCC[C@H]1Cc1cccnc1Br. The third kappa shape index (κ3) is 2.06. The molecule has 2 rings (SSSR count). The van der Waals surface area contributed by atoms with E-state index in [-0.39, 0.29) is 0 Å². The molecule has 1 saturated carbocycles. The van der Waals surface area contributed by atoms with Crippen LogP contribution in [0.4, 0.5) is 0 Å². The summed E-state index contributed by atoms with van der Waals surface area (Å²) < 4.78 is 0.986. The smallest absolute Gasteiger partial charge is 0.109 e. The van der Waals surface area contributed by atoms with Gasteiger partial charge in [0.15, 0.2) is 0 Å². The molecule has 1 aliphatic rings. The predicted octanol–water partition coefficient (Wildman–Crippen LogP) is 3.74. The zero-order valence-corrected chi connectivity index (χ0v) is 9.76. The lowest BCUT2D eigenvalue weighted by molar-refractivity contribution is 0.622. The van der Waals surface area contributed by atoms with Gasteiger partial charge in [0.05, 0.1) is 0 Å². The van der Waals surface area contributed by atoms with Gasteiger partial charge in [-0.1, -0.05) is 18.2 Å². The van der Waals surface area contributed by atoms with Crippen LogP contribution in [0.5, 0.6) is 0 Å². The molecule has 0 aromatic carbocycles. The average Bonchev–Trinajstić information content (AvgIpc) is 2.56. The summed E-state index contributed by atoms with van der Waals surface area (Å²) in [7, 11) is 0. The van der Waals surface area contributed by atoms with Gasteiger partial charge in [0, 0.05) is 6.20 Å². The van der Waals surface area contributed by atoms with Crippen molar-refractivity contribution in [3.63, 3.8) is 0 Å². The normalized spacial score (nSPS) is 21.5. The van der Waals surface area contributed by atoms with E-state index in [1.165, 1.54) is 30.4 Å². The molecule has 1 fully saturated rings. The molecule has 0 N–H and O–H groups in total. The molecule has 0 bridgehead atoms. The highest BCUT2D eigenvalue weighted by atomic mass is 79.9. The summed E-state index contributed by atoms with van der Waals surface area (Å²) in [6, 6.07) is 4.14. The first kappa shape index (κ1) is 9.91. The lowest BCUT2D eigenvalue weighted by Gasteiger charge is -2.11. The first-order valence-electron chi connectivity index (χ1n) is 5.04. The van der Waals surface area contributed by atoms with Crippen molar-refractivity contribution in [3.8, 4) is 0 Å². The summed E-state index contributed by atoms with van der Waals surface area (Å²) in [6.45, 7) is 4.13. The number of rotatable bonds is 2. The van der Waals surface area contributed by atoms with E-state index < -0.39 is 0 Å². The maximum atomic E-state index is 4.23. The maximum Gasteiger partial charge on any atom is 0.109 e. The summed E-state index contributed by atoms with van der Waals surface area (Å²) in [5.74, 6) is 0.676. The average molecular weight is 252 g/mol. The Morgan fingerprint density at radius 1 is 1.57 bits per heavy atom. The van der Waals surface area contributed by atoms with Gasteiger partial charge in [-0.3, -0.25) is 0 Å². The fourth-order valence-electron chi connectivity index (χ4n) is 2.07. The van der Waals surface area contributed by atoms with Crippen molar-refractivity contribution in [2.45, 2.75) is 25.7 Å². The van der Waals surface area contributed by atoms with Crippen molar-refractivity contribution < 1.29 is 0 Å². The van der Waals surface area contributed by atoms with Gasteiger partial charge in [0.1, 0.15) is 4.60 Å². The third-order valence-corrected chi connectivity index (χ3v) is 3.64. The van der Waals surface area contributed by atoms with Crippen molar-refractivity contribution in [1.82, 2.24) is 4.98 Å². The lowest BCUT2D eigenvalue weighted by atomic mass is 9.96. The van der Waals surface area contributed by atoms with Gasteiger partial charge in [-0.2, -0.15) is 0 Å². The monoisotopic (exact) mass is 251 g/mol. The topological polar surface area (TPSA) is 12.9 Å². The second kappa shape index (κ2) is 4.26. The first-order valence-corrected chi connectivity index (χ1v) is 5.83. The van der Waals surface area contributed by atoms with Crippen molar-refractivity contribution in [2.24, 2.45) is 5.92 Å². The zero-order valence-electron chi connectivity index (χ0n) is 8.17. The number of aromatic nitrogens is 1. The fraction of sp³-hybridized carbons (Fsp3) is 0.417. The summed E-state index contributed by atoms with van der Waals surface area (Å²) in [5, 5.41) is 0.